The average molecular weight is 224 g/mol. The maximum absolute atomic E-state index is 11.8. The van der Waals surface area contributed by atoms with Gasteiger partial charge in [0.05, 0.1) is 5.84 Å². The first kappa shape index (κ1) is 14.3. The Balaban J connectivity index is 3.72. The van der Waals surface area contributed by atoms with Crippen molar-refractivity contribution >= 4 is 5.84 Å². The van der Waals surface area contributed by atoms with E-state index in [9.17, 15) is 13.2 Å². The summed E-state index contributed by atoms with van der Waals surface area (Å²) < 4.78 is 35.3. The second kappa shape index (κ2) is 5.37. The third kappa shape index (κ3) is 8.27. The summed E-state index contributed by atoms with van der Waals surface area (Å²) in [6, 6.07) is 0. The second-order valence-electron chi connectivity index (χ2n) is 4.59. The molecule has 0 rings (SSSR count). The molecule has 0 bridgehead atoms. The van der Waals surface area contributed by atoms with Crippen LogP contribution in [0.5, 0.6) is 0 Å². The van der Waals surface area contributed by atoms with E-state index >= 15 is 0 Å². The van der Waals surface area contributed by atoms with Crippen LogP contribution in [0.15, 0.2) is 4.99 Å². The Morgan fingerprint density at radius 1 is 1.13 bits per heavy atom. The fourth-order valence-electron chi connectivity index (χ4n) is 0.874. The number of hydrogen-bond acceptors (Lipinski definition) is 1. The summed E-state index contributed by atoms with van der Waals surface area (Å²) in [6.07, 6.45) is -4.25. The van der Waals surface area contributed by atoms with Crippen LogP contribution >= 0.6 is 0 Å². The Morgan fingerprint density at radius 3 is 2.07 bits per heavy atom. The van der Waals surface area contributed by atoms with Gasteiger partial charge in [0.15, 0.2) is 0 Å². The maximum atomic E-state index is 11.8. The molecular weight excluding hydrogens is 205 g/mol. The fraction of sp³-hybridized carbons (Fsp3) is 0.900. The van der Waals surface area contributed by atoms with E-state index in [1.54, 1.807) is 0 Å². The largest absolute Gasteiger partial charge is 0.389 e. The molecule has 0 aromatic heterocycles. The van der Waals surface area contributed by atoms with Crippen LogP contribution in [0.4, 0.5) is 13.2 Å². The summed E-state index contributed by atoms with van der Waals surface area (Å²) in [5.41, 5.74) is 5.44. The molecule has 0 saturated heterocycles. The number of rotatable bonds is 4. The van der Waals surface area contributed by atoms with E-state index in [0.717, 1.165) is 0 Å². The first-order chi connectivity index (χ1) is 6.63. The standard InChI is InChI=1S/C10H19F3N2/c1-9(2,3)8(14)15-7-5-4-6-10(11,12)13/h4-7H2,1-3H3,(H2,14,15). The molecule has 0 aromatic carbocycles. The number of halogens is 3. The first-order valence-corrected chi connectivity index (χ1v) is 5.00. The van der Waals surface area contributed by atoms with Crippen LogP contribution in [0.1, 0.15) is 40.0 Å². The molecule has 5 heteroatoms. The molecule has 0 aliphatic heterocycles. The van der Waals surface area contributed by atoms with Crippen molar-refractivity contribution in [2.45, 2.75) is 46.2 Å². The lowest BCUT2D eigenvalue weighted by Crippen LogP contribution is -2.29. The highest BCUT2D eigenvalue weighted by atomic mass is 19.4. The first-order valence-electron chi connectivity index (χ1n) is 5.00. The van der Waals surface area contributed by atoms with Crippen LogP contribution in [0, 0.1) is 5.41 Å². The monoisotopic (exact) mass is 224 g/mol. The molecule has 0 atom stereocenters. The molecule has 0 aliphatic rings. The molecule has 0 aliphatic carbocycles. The summed E-state index contributed by atoms with van der Waals surface area (Å²) >= 11 is 0. The number of nitrogens with two attached hydrogens (primary N) is 1. The van der Waals surface area contributed by atoms with E-state index in [1.807, 2.05) is 20.8 Å². The fourth-order valence-corrected chi connectivity index (χ4v) is 0.874. The minimum Gasteiger partial charge on any atom is -0.387 e. The van der Waals surface area contributed by atoms with Crippen molar-refractivity contribution in [3.8, 4) is 0 Å². The van der Waals surface area contributed by atoms with Gasteiger partial charge >= 0.3 is 6.18 Å². The van der Waals surface area contributed by atoms with Crippen molar-refractivity contribution in [1.29, 1.82) is 0 Å². The molecule has 2 N–H and O–H groups in total. The van der Waals surface area contributed by atoms with Crippen LogP contribution in [0.3, 0.4) is 0 Å². The van der Waals surface area contributed by atoms with Crippen LogP contribution in [-0.4, -0.2) is 18.6 Å². The van der Waals surface area contributed by atoms with Gasteiger partial charge in [0, 0.05) is 18.4 Å². The highest BCUT2D eigenvalue weighted by molar-refractivity contribution is 5.85. The SMILES string of the molecule is CC(C)(C)C(N)=NCCCCC(F)(F)F. The number of amidine groups is 1. The zero-order valence-electron chi connectivity index (χ0n) is 9.49. The summed E-state index contributed by atoms with van der Waals surface area (Å²) in [6.45, 7) is 6.13. The number of unbranched alkanes of at least 4 members (excludes halogenated alkanes) is 1. The van der Waals surface area contributed by atoms with E-state index in [2.05, 4.69) is 4.99 Å². The number of hydrogen-bond donors (Lipinski definition) is 1. The van der Waals surface area contributed by atoms with Gasteiger partial charge in [0.25, 0.3) is 0 Å². The molecule has 0 amide bonds. The van der Waals surface area contributed by atoms with Gasteiger partial charge in [-0.2, -0.15) is 13.2 Å². The Labute approximate surface area is 88.8 Å². The lowest BCUT2D eigenvalue weighted by molar-refractivity contribution is -0.135. The van der Waals surface area contributed by atoms with E-state index in [4.69, 9.17) is 5.73 Å². The molecular formula is C10H19F3N2. The van der Waals surface area contributed by atoms with E-state index in [0.29, 0.717) is 18.8 Å². The summed E-state index contributed by atoms with van der Waals surface area (Å²) in [7, 11) is 0. The molecule has 0 heterocycles. The highest BCUT2D eigenvalue weighted by Crippen LogP contribution is 2.22. The number of aliphatic imine (C=N–C) groups is 1. The molecule has 15 heavy (non-hydrogen) atoms. The Morgan fingerprint density at radius 2 is 1.67 bits per heavy atom. The lowest BCUT2D eigenvalue weighted by Gasteiger charge is -2.17. The lowest BCUT2D eigenvalue weighted by atomic mass is 9.95. The van der Waals surface area contributed by atoms with Gasteiger partial charge < -0.3 is 5.73 Å². The van der Waals surface area contributed by atoms with E-state index in [1.165, 1.54) is 0 Å². The van der Waals surface area contributed by atoms with Crippen molar-refractivity contribution in [1.82, 2.24) is 0 Å². The van der Waals surface area contributed by atoms with Crippen LogP contribution in [0.25, 0.3) is 0 Å². The van der Waals surface area contributed by atoms with Crippen LogP contribution in [-0.2, 0) is 0 Å². The minimum absolute atomic E-state index is 0.115. The quantitative estimate of drug-likeness (QED) is 0.444. The third-order valence-electron chi connectivity index (χ3n) is 1.92. The molecule has 0 aromatic rings. The van der Waals surface area contributed by atoms with Crippen molar-refractivity contribution < 1.29 is 13.2 Å². The highest BCUT2D eigenvalue weighted by Gasteiger charge is 2.25. The topological polar surface area (TPSA) is 38.4 Å². The smallest absolute Gasteiger partial charge is 0.387 e. The van der Waals surface area contributed by atoms with Gasteiger partial charge in [0.2, 0.25) is 0 Å². The van der Waals surface area contributed by atoms with E-state index < -0.39 is 12.6 Å². The van der Waals surface area contributed by atoms with Gasteiger partial charge in [-0.25, -0.2) is 0 Å². The van der Waals surface area contributed by atoms with Crippen molar-refractivity contribution in [3.63, 3.8) is 0 Å². The van der Waals surface area contributed by atoms with Gasteiger partial charge in [-0.05, 0) is 12.8 Å². The Kier molecular flexibility index (Phi) is 5.11. The van der Waals surface area contributed by atoms with Crippen molar-refractivity contribution in [2.75, 3.05) is 6.54 Å². The van der Waals surface area contributed by atoms with Crippen molar-refractivity contribution in [3.05, 3.63) is 0 Å². The predicted octanol–water partition coefficient (Wildman–Crippen LogP) is 3.12. The molecule has 0 fully saturated rings. The van der Waals surface area contributed by atoms with Gasteiger partial charge in [0.1, 0.15) is 0 Å². The summed E-state index contributed by atoms with van der Waals surface area (Å²) in [5, 5.41) is 0. The zero-order valence-corrected chi connectivity index (χ0v) is 9.49. The minimum atomic E-state index is -4.06. The Hall–Kier alpha value is -0.740. The normalized spacial score (nSPS) is 14.4. The van der Waals surface area contributed by atoms with Crippen LogP contribution < -0.4 is 5.73 Å². The number of alkyl halides is 3. The molecule has 90 valence electrons. The van der Waals surface area contributed by atoms with Gasteiger partial charge in [-0.15, -0.1) is 0 Å². The molecule has 2 nitrogen and oxygen atoms in total. The Bertz CT molecular complexity index is 214. The molecule has 0 spiro atoms. The molecule has 0 unspecified atom stereocenters. The zero-order chi connectivity index (χ0) is 12.1. The average Bonchev–Trinajstić information content (AvgIpc) is 1.99. The number of nitrogens with zero attached hydrogens (tertiary/aromatic N) is 1. The third-order valence-corrected chi connectivity index (χ3v) is 1.92. The van der Waals surface area contributed by atoms with Crippen LogP contribution in [0.2, 0.25) is 0 Å². The van der Waals surface area contributed by atoms with E-state index in [-0.39, 0.29) is 11.8 Å². The second-order valence-corrected chi connectivity index (χ2v) is 4.59. The van der Waals surface area contributed by atoms with Crippen molar-refractivity contribution in [2.24, 2.45) is 16.1 Å². The maximum Gasteiger partial charge on any atom is 0.389 e. The van der Waals surface area contributed by atoms with Gasteiger partial charge in [-0.1, -0.05) is 20.8 Å². The summed E-state index contributed by atoms with van der Waals surface area (Å²) in [4.78, 5) is 4.04. The van der Waals surface area contributed by atoms with Gasteiger partial charge in [-0.3, -0.25) is 4.99 Å². The summed E-state index contributed by atoms with van der Waals surface area (Å²) in [5.74, 6) is 0.495. The molecule has 0 saturated carbocycles. The predicted molar refractivity (Wildman–Crippen MR) is 55.9 cm³/mol. The molecule has 0 radical (unpaired) electrons.